The Morgan fingerprint density at radius 1 is 1.27 bits per heavy atom. The van der Waals surface area contributed by atoms with Gasteiger partial charge in [0, 0.05) is 6.42 Å². The summed E-state index contributed by atoms with van der Waals surface area (Å²) in [7, 11) is 1.34. The SMILES string of the molecule is COC(=O)c1ccc(C[C@@H]2CO2)cc1Oc1ccccc1N. The fourth-order valence-electron chi connectivity index (χ4n) is 2.20. The molecule has 0 aliphatic carbocycles. The summed E-state index contributed by atoms with van der Waals surface area (Å²) in [5, 5.41) is 0. The first-order chi connectivity index (χ1) is 10.7. The number of epoxide rings is 1. The molecule has 1 fully saturated rings. The molecule has 5 heteroatoms. The molecule has 3 rings (SSSR count). The van der Waals surface area contributed by atoms with Crippen LogP contribution in [0.5, 0.6) is 11.5 Å². The Hall–Kier alpha value is -2.53. The van der Waals surface area contributed by atoms with Crippen LogP contribution in [0.2, 0.25) is 0 Å². The number of ether oxygens (including phenoxy) is 3. The Morgan fingerprint density at radius 2 is 2.05 bits per heavy atom. The minimum atomic E-state index is -0.446. The van der Waals surface area contributed by atoms with Crippen LogP contribution in [0.3, 0.4) is 0 Å². The highest BCUT2D eigenvalue weighted by Crippen LogP contribution is 2.31. The normalized spacial score (nSPS) is 16.1. The average molecular weight is 299 g/mol. The standard InChI is InChI=1S/C17H17NO4/c1-20-17(19)13-7-6-11(8-12-10-21-12)9-16(13)22-15-5-3-2-4-14(15)18/h2-7,9,12H,8,10,18H2,1H3/t12-/m1/s1. The molecule has 0 saturated carbocycles. The molecule has 2 aromatic rings. The van der Waals surface area contributed by atoms with Crippen LogP contribution in [0.25, 0.3) is 0 Å². The molecule has 5 nitrogen and oxygen atoms in total. The van der Waals surface area contributed by atoms with Crippen molar-refractivity contribution in [1.82, 2.24) is 0 Å². The van der Waals surface area contributed by atoms with Crippen molar-refractivity contribution in [3.8, 4) is 11.5 Å². The fourth-order valence-corrected chi connectivity index (χ4v) is 2.20. The van der Waals surface area contributed by atoms with Crippen LogP contribution < -0.4 is 10.5 Å². The van der Waals surface area contributed by atoms with Crippen LogP contribution in [0, 0.1) is 0 Å². The van der Waals surface area contributed by atoms with E-state index < -0.39 is 5.97 Å². The number of hydrogen-bond donors (Lipinski definition) is 1. The number of esters is 1. The second kappa shape index (κ2) is 6.07. The lowest BCUT2D eigenvalue weighted by Gasteiger charge is -2.13. The molecule has 0 bridgehead atoms. The van der Waals surface area contributed by atoms with Gasteiger partial charge < -0.3 is 19.9 Å². The van der Waals surface area contributed by atoms with Crippen molar-refractivity contribution in [2.75, 3.05) is 19.5 Å². The molecular formula is C17H17NO4. The second-order valence-corrected chi connectivity index (χ2v) is 5.12. The predicted octanol–water partition coefficient (Wildman–Crippen LogP) is 2.79. The van der Waals surface area contributed by atoms with Gasteiger partial charge in [-0.3, -0.25) is 0 Å². The first-order valence-corrected chi connectivity index (χ1v) is 7.02. The minimum absolute atomic E-state index is 0.263. The third kappa shape index (κ3) is 3.20. The lowest BCUT2D eigenvalue weighted by Crippen LogP contribution is -2.05. The predicted molar refractivity (Wildman–Crippen MR) is 82.2 cm³/mol. The molecule has 2 aromatic carbocycles. The molecule has 0 spiro atoms. The molecule has 1 aliphatic rings. The summed E-state index contributed by atoms with van der Waals surface area (Å²) in [6.45, 7) is 0.778. The van der Waals surface area contributed by atoms with Gasteiger partial charge in [-0.1, -0.05) is 18.2 Å². The summed E-state index contributed by atoms with van der Waals surface area (Å²) in [4.78, 5) is 11.9. The van der Waals surface area contributed by atoms with Crippen molar-refractivity contribution in [3.05, 3.63) is 53.6 Å². The fraction of sp³-hybridized carbons (Fsp3) is 0.235. The van der Waals surface area contributed by atoms with Crippen LogP contribution in [0.1, 0.15) is 15.9 Å². The van der Waals surface area contributed by atoms with Gasteiger partial charge in [0.1, 0.15) is 17.1 Å². The maximum absolute atomic E-state index is 11.9. The molecule has 0 aromatic heterocycles. The highest BCUT2D eigenvalue weighted by atomic mass is 16.6. The summed E-state index contributed by atoms with van der Waals surface area (Å²) < 4.78 is 15.9. The van der Waals surface area contributed by atoms with Crippen molar-refractivity contribution in [1.29, 1.82) is 0 Å². The van der Waals surface area contributed by atoms with Crippen LogP contribution in [-0.4, -0.2) is 25.8 Å². The number of methoxy groups -OCH3 is 1. The van der Waals surface area contributed by atoms with Crippen molar-refractivity contribution < 1.29 is 19.0 Å². The van der Waals surface area contributed by atoms with E-state index in [1.54, 1.807) is 18.2 Å². The van der Waals surface area contributed by atoms with Crippen molar-refractivity contribution in [2.24, 2.45) is 0 Å². The van der Waals surface area contributed by atoms with E-state index in [1.807, 2.05) is 24.3 Å². The summed E-state index contributed by atoms with van der Waals surface area (Å²) in [5.41, 5.74) is 7.81. The first-order valence-electron chi connectivity index (χ1n) is 7.02. The summed E-state index contributed by atoms with van der Waals surface area (Å²) in [6.07, 6.45) is 1.06. The van der Waals surface area contributed by atoms with Gasteiger partial charge in [0.25, 0.3) is 0 Å². The molecule has 0 unspecified atom stereocenters. The van der Waals surface area contributed by atoms with Gasteiger partial charge in [-0.25, -0.2) is 4.79 Å². The number of rotatable bonds is 5. The van der Waals surface area contributed by atoms with Crippen molar-refractivity contribution in [3.63, 3.8) is 0 Å². The Kier molecular flexibility index (Phi) is 3.98. The number of para-hydroxylation sites is 2. The molecule has 114 valence electrons. The average Bonchev–Trinajstić information content (AvgIpc) is 3.33. The lowest BCUT2D eigenvalue weighted by molar-refractivity contribution is 0.0598. The molecule has 0 amide bonds. The Bertz CT molecular complexity index is 695. The van der Waals surface area contributed by atoms with E-state index in [-0.39, 0.29) is 6.10 Å². The molecule has 22 heavy (non-hydrogen) atoms. The topological polar surface area (TPSA) is 74.1 Å². The van der Waals surface area contributed by atoms with E-state index in [0.29, 0.717) is 22.7 Å². The zero-order valence-corrected chi connectivity index (χ0v) is 12.2. The molecule has 1 saturated heterocycles. The molecule has 1 atom stereocenters. The van der Waals surface area contributed by atoms with Crippen LogP contribution >= 0.6 is 0 Å². The van der Waals surface area contributed by atoms with Gasteiger partial charge in [-0.2, -0.15) is 0 Å². The van der Waals surface area contributed by atoms with Crippen LogP contribution in [0.4, 0.5) is 5.69 Å². The zero-order chi connectivity index (χ0) is 15.5. The van der Waals surface area contributed by atoms with Crippen LogP contribution in [0.15, 0.2) is 42.5 Å². The Labute approximate surface area is 128 Å². The number of carbonyl (C=O) groups excluding carboxylic acids is 1. The third-order valence-corrected chi connectivity index (χ3v) is 3.46. The number of hydrogen-bond acceptors (Lipinski definition) is 5. The van der Waals surface area contributed by atoms with E-state index in [1.165, 1.54) is 7.11 Å². The maximum Gasteiger partial charge on any atom is 0.341 e. The van der Waals surface area contributed by atoms with E-state index >= 15 is 0 Å². The number of anilines is 1. The van der Waals surface area contributed by atoms with E-state index in [9.17, 15) is 4.79 Å². The summed E-state index contributed by atoms with van der Waals surface area (Å²) >= 11 is 0. The third-order valence-electron chi connectivity index (χ3n) is 3.46. The largest absolute Gasteiger partial charge is 0.465 e. The van der Waals surface area contributed by atoms with E-state index in [2.05, 4.69) is 0 Å². The van der Waals surface area contributed by atoms with Crippen molar-refractivity contribution >= 4 is 11.7 Å². The van der Waals surface area contributed by atoms with Gasteiger partial charge in [0.05, 0.1) is 25.5 Å². The Morgan fingerprint density at radius 3 is 2.73 bits per heavy atom. The van der Waals surface area contributed by atoms with E-state index in [4.69, 9.17) is 19.9 Å². The van der Waals surface area contributed by atoms with Crippen molar-refractivity contribution in [2.45, 2.75) is 12.5 Å². The summed E-state index contributed by atoms with van der Waals surface area (Å²) in [6, 6.07) is 12.6. The molecule has 1 aliphatic heterocycles. The lowest BCUT2D eigenvalue weighted by atomic mass is 10.1. The quantitative estimate of drug-likeness (QED) is 0.522. The van der Waals surface area contributed by atoms with Gasteiger partial charge >= 0.3 is 5.97 Å². The summed E-state index contributed by atoms with van der Waals surface area (Å²) in [5.74, 6) is 0.495. The number of carbonyl (C=O) groups is 1. The smallest absolute Gasteiger partial charge is 0.341 e. The molecule has 1 heterocycles. The minimum Gasteiger partial charge on any atom is -0.465 e. The molecular weight excluding hydrogens is 282 g/mol. The highest BCUT2D eigenvalue weighted by molar-refractivity contribution is 5.92. The van der Waals surface area contributed by atoms with Gasteiger partial charge in [0.2, 0.25) is 0 Å². The number of nitrogen functional groups attached to an aromatic ring is 1. The maximum atomic E-state index is 11.9. The van der Waals surface area contributed by atoms with Gasteiger partial charge in [0.15, 0.2) is 0 Å². The number of nitrogens with two attached hydrogens (primary N) is 1. The van der Waals surface area contributed by atoms with E-state index in [0.717, 1.165) is 18.6 Å². The first kappa shape index (κ1) is 14.4. The van der Waals surface area contributed by atoms with Crippen LogP contribution in [-0.2, 0) is 15.9 Å². The monoisotopic (exact) mass is 299 g/mol. The zero-order valence-electron chi connectivity index (χ0n) is 12.2. The second-order valence-electron chi connectivity index (χ2n) is 5.12. The highest BCUT2D eigenvalue weighted by Gasteiger charge is 2.24. The van der Waals surface area contributed by atoms with Gasteiger partial charge in [-0.15, -0.1) is 0 Å². The molecule has 2 N–H and O–H groups in total. The van der Waals surface area contributed by atoms with Gasteiger partial charge in [-0.05, 0) is 29.8 Å². The molecule has 0 radical (unpaired) electrons. The Balaban J connectivity index is 1.93. The number of benzene rings is 2.